The van der Waals surface area contributed by atoms with Crippen LogP contribution in [0.4, 0.5) is 0 Å². The van der Waals surface area contributed by atoms with Gasteiger partial charge in [0.2, 0.25) is 0 Å². The molecule has 1 aliphatic heterocycles. The molecule has 1 aliphatic rings. The zero-order chi connectivity index (χ0) is 24.9. The standard InChI is InChI=1S/C29H29ClO5/c1-18(2)23-16-24(22-11-7-8-12-26(22)30)19(3)34-29(23)25-15-21(35-20-9-5-4-6-10-20)13-14-27(25)33-17-28(31)32/h4-15,19,23-24,29H,1,16-17H2,2-3H3,(H,31,32)/t19-,23+,24-,29-/m0/s1. The van der Waals surface area contributed by atoms with Crippen molar-refractivity contribution < 1.29 is 24.1 Å². The highest BCUT2D eigenvalue weighted by Crippen LogP contribution is 2.49. The summed E-state index contributed by atoms with van der Waals surface area (Å²) < 4.78 is 18.3. The fraction of sp³-hybridized carbons (Fsp3) is 0.276. The summed E-state index contributed by atoms with van der Waals surface area (Å²) in [5.41, 5.74) is 2.75. The van der Waals surface area contributed by atoms with Gasteiger partial charge in [-0.3, -0.25) is 0 Å². The van der Waals surface area contributed by atoms with Crippen LogP contribution in [-0.2, 0) is 9.53 Å². The van der Waals surface area contributed by atoms with E-state index in [0.717, 1.165) is 28.1 Å². The number of carboxylic acid groups (broad SMARTS) is 1. The first-order chi connectivity index (χ1) is 16.8. The van der Waals surface area contributed by atoms with Crippen LogP contribution in [0.3, 0.4) is 0 Å². The molecule has 1 fully saturated rings. The van der Waals surface area contributed by atoms with Crippen molar-refractivity contribution >= 4 is 17.6 Å². The average Bonchev–Trinajstić information content (AvgIpc) is 2.84. The Balaban J connectivity index is 1.70. The Labute approximate surface area is 210 Å². The molecule has 3 aromatic rings. The molecule has 6 heteroatoms. The molecular weight excluding hydrogens is 464 g/mol. The van der Waals surface area contributed by atoms with Gasteiger partial charge in [-0.25, -0.2) is 4.79 Å². The minimum Gasteiger partial charge on any atom is -0.482 e. The lowest BCUT2D eigenvalue weighted by molar-refractivity contribution is -0.139. The number of hydrogen-bond acceptors (Lipinski definition) is 4. The molecule has 1 saturated heterocycles. The predicted molar refractivity (Wildman–Crippen MR) is 136 cm³/mol. The largest absolute Gasteiger partial charge is 0.482 e. The van der Waals surface area contributed by atoms with Crippen molar-refractivity contribution in [1.29, 1.82) is 0 Å². The summed E-state index contributed by atoms with van der Waals surface area (Å²) in [6, 6.07) is 22.7. The Hall–Kier alpha value is -3.28. The van der Waals surface area contributed by atoms with Gasteiger partial charge in [-0.15, -0.1) is 0 Å². The smallest absolute Gasteiger partial charge is 0.341 e. The zero-order valence-corrected chi connectivity index (χ0v) is 20.6. The van der Waals surface area contributed by atoms with Crippen LogP contribution in [0.2, 0.25) is 5.02 Å². The third kappa shape index (κ3) is 5.87. The van der Waals surface area contributed by atoms with Gasteiger partial charge in [0.15, 0.2) is 6.61 Å². The zero-order valence-electron chi connectivity index (χ0n) is 19.8. The second kappa shape index (κ2) is 11.0. The van der Waals surface area contributed by atoms with E-state index >= 15 is 0 Å². The lowest BCUT2D eigenvalue weighted by Gasteiger charge is -2.42. The highest BCUT2D eigenvalue weighted by atomic mass is 35.5. The number of ether oxygens (including phenoxy) is 3. The van der Waals surface area contributed by atoms with Crippen LogP contribution >= 0.6 is 11.6 Å². The maximum atomic E-state index is 11.2. The number of aliphatic carboxylic acids is 1. The first-order valence-corrected chi connectivity index (χ1v) is 12.0. The van der Waals surface area contributed by atoms with Gasteiger partial charge in [0.25, 0.3) is 0 Å². The molecule has 5 nitrogen and oxygen atoms in total. The molecule has 1 heterocycles. The van der Waals surface area contributed by atoms with Gasteiger partial charge in [-0.2, -0.15) is 0 Å². The molecule has 0 unspecified atom stereocenters. The minimum absolute atomic E-state index is 0.0355. The highest BCUT2D eigenvalue weighted by molar-refractivity contribution is 6.31. The molecule has 0 amide bonds. The Kier molecular flexibility index (Phi) is 7.79. The van der Waals surface area contributed by atoms with Gasteiger partial charge in [0.1, 0.15) is 17.2 Å². The van der Waals surface area contributed by atoms with Crippen LogP contribution in [0.25, 0.3) is 0 Å². The number of rotatable bonds is 8. The third-order valence-corrected chi connectivity index (χ3v) is 6.70. The molecular formula is C29H29ClO5. The molecule has 3 aromatic carbocycles. The summed E-state index contributed by atoms with van der Waals surface area (Å²) in [4.78, 5) is 11.2. The third-order valence-electron chi connectivity index (χ3n) is 6.36. The van der Waals surface area contributed by atoms with E-state index in [9.17, 15) is 9.90 Å². The SMILES string of the molecule is C=C(C)[C@H]1C[C@H](c2ccccc2Cl)[C@H](C)O[C@@H]1c1cc(Oc2ccccc2)ccc1OCC(=O)O. The molecule has 0 saturated carbocycles. The fourth-order valence-electron chi connectivity index (χ4n) is 4.62. The Morgan fingerprint density at radius 3 is 2.46 bits per heavy atom. The number of para-hydroxylation sites is 1. The van der Waals surface area contributed by atoms with E-state index in [2.05, 4.69) is 6.58 Å². The van der Waals surface area contributed by atoms with Crippen LogP contribution in [0, 0.1) is 5.92 Å². The monoisotopic (exact) mass is 492 g/mol. The van der Waals surface area contributed by atoms with Gasteiger partial charge in [0.05, 0.1) is 12.2 Å². The van der Waals surface area contributed by atoms with Crippen molar-refractivity contribution in [3.8, 4) is 17.2 Å². The van der Waals surface area contributed by atoms with E-state index in [1.54, 1.807) is 12.1 Å². The van der Waals surface area contributed by atoms with Crippen molar-refractivity contribution in [3.05, 3.63) is 101 Å². The first kappa shape index (κ1) is 24.8. The van der Waals surface area contributed by atoms with Gasteiger partial charge >= 0.3 is 5.97 Å². The van der Waals surface area contributed by atoms with Crippen LogP contribution < -0.4 is 9.47 Å². The number of hydrogen-bond donors (Lipinski definition) is 1. The molecule has 0 aliphatic carbocycles. The van der Waals surface area contributed by atoms with E-state index in [0.29, 0.717) is 17.2 Å². The molecule has 0 bridgehead atoms. The van der Waals surface area contributed by atoms with E-state index in [1.165, 1.54) is 0 Å². The second-order valence-electron chi connectivity index (χ2n) is 8.88. The van der Waals surface area contributed by atoms with Crippen LogP contribution in [-0.4, -0.2) is 23.8 Å². The number of carbonyl (C=O) groups is 1. The van der Waals surface area contributed by atoms with E-state index in [1.807, 2.05) is 74.5 Å². The number of carboxylic acids is 1. The Morgan fingerprint density at radius 2 is 1.77 bits per heavy atom. The van der Waals surface area contributed by atoms with Gasteiger partial charge < -0.3 is 19.3 Å². The Morgan fingerprint density at radius 1 is 1.06 bits per heavy atom. The second-order valence-corrected chi connectivity index (χ2v) is 9.28. The van der Waals surface area contributed by atoms with Crippen LogP contribution in [0.1, 0.15) is 43.4 Å². The van der Waals surface area contributed by atoms with Crippen LogP contribution in [0.15, 0.2) is 84.9 Å². The van der Waals surface area contributed by atoms with Gasteiger partial charge in [0, 0.05) is 22.4 Å². The number of benzene rings is 3. The molecule has 182 valence electrons. The van der Waals surface area contributed by atoms with Crippen LogP contribution in [0.5, 0.6) is 17.2 Å². The molecule has 0 spiro atoms. The van der Waals surface area contributed by atoms with Crippen molar-refractivity contribution in [2.24, 2.45) is 5.92 Å². The van der Waals surface area contributed by atoms with Gasteiger partial charge in [-0.05, 0) is 62.2 Å². The summed E-state index contributed by atoms with van der Waals surface area (Å²) in [6.07, 6.45) is 0.262. The minimum atomic E-state index is -1.05. The van der Waals surface area contributed by atoms with Crippen molar-refractivity contribution in [2.75, 3.05) is 6.61 Å². The maximum absolute atomic E-state index is 11.2. The average molecular weight is 493 g/mol. The lowest BCUT2D eigenvalue weighted by atomic mass is 9.76. The summed E-state index contributed by atoms with van der Waals surface area (Å²) in [5, 5.41) is 9.91. The molecule has 35 heavy (non-hydrogen) atoms. The molecule has 4 rings (SSSR count). The normalized spacial score (nSPS) is 21.8. The first-order valence-electron chi connectivity index (χ1n) is 11.6. The predicted octanol–water partition coefficient (Wildman–Crippen LogP) is 7.42. The molecule has 1 N–H and O–H groups in total. The lowest BCUT2D eigenvalue weighted by Crippen LogP contribution is -2.34. The quantitative estimate of drug-likeness (QED) is 0.331. The summed E-state index contributed by atoms with van der Waals surface area (Å²) in [6.45, 7) is 7.82. The van der Waals surface area contributed by atoms with E-state index < -0.39 is 12.6 Å². The van der Waals surface area contributed by atoms with E-state index in [-0.39, 0.29) is 24.0 Å². The van der Waals surface area contributed by atoms with Gasteiger partial charge in [-0.1, -0.05) is 60.2 Å². The van der Waals surface area contributed by atoms with E-state index in [4.69, 9.17) is 25.8 Å². The van der Waals surface area contributed by atoms with Crippen molar-refractivity contribution in [3.63, 3.8) is 0 Å². The summed E-state index contributed by atoms with van der Waals surface area (Å²) in [7, 11) is 0. The van der Waals surface area contributed by atoms with Crippen molar-refractivity contribution in [1.82, 2.24) is 0 Å². The summed E-state index contributed by atoms with van der Waals surface area (Å²) in [5.74, 6) is 0.770. The molecule has 0 radical (unpaired) electrons. The fourth-order valence-corrected chi connectivity index (χ4v) is 4.90. The maximum Gasteiger partial charge on any atom is 0.341 e. The summed E-state index contributed by atoms with van der Waals surface area (Å²) >= 11 is 6.53. The molecule has 0 aromatic heterocycles. The highest BCUT2D eigenvalue weighted by Gasteiger charge is 2.39. The topological polar surface area (TPSA) is 65.0 Å². The Bertz CT molecular complexity index is 1190. The number of halogens is 1. The molecule has 4 atom stereocenters. The van der Waals surface area contributed by atoms with Crippen molar-refractivity contribution in [2.45, 2.75) is 38.4 Å².